The second-order valence-corrected chi connectivity index (χ2v) is 7.98. The number of H-pyrrole nitrogens is 1. The third-order valence-electron chi connectivity index (χ3n) is 3.60. The highest BCUT2D eigenvalue weighted by Gasteiger charge is 2.32. The fraction of sp³-hybridized carbons (Fsp3) is 0.263. The first-order chi connectivity index (χ1) is 14.9. The fourth-order valence-electron chi connectivity index (χ4n) is 2.45. The molecular formula is C19H18F6N4O2S. The number of alkyl halides is 3. The lowest BCUT2D eigenvalue weighted by Gasteiger charge is -2.19. The Balaban J connectivity index is 0.000000837. The summed E-state index contributed by atoms with van der Waals surface area (Å²) in [6.07, 6.45) is 0.450. The van der Waals surface area contributed by atoms with Gasteiger partial charge in [-0.15, -0.1) is 13.2 Å². The Morgan fingerprint density at radius 3 is 2.22 bits per heavy atom. The second-order valence-electron chi connectivity index (χ2n) is 6.49. The number of hydrogen-bond acceptors (Lipinski definition) is 5. The molecule has 0 bridgehead atoms. The van der Waals surface area contributed by atoms with Crippen LogP contribution in [-0.2, 0) is 10.8 Å². The highest BCUT2D eigenvalue weighted by atomic mass is 32.2. The van der Waals surface area contributed by atoms with Crippen molar-refractivity contribution in [3.8, 4) is 5.75 Å². The number of halogens is 6. The third-order valence-corrected chi connectivity index (χ3v) is 3.60. The smallest absolute Gasteiger partial charge is 0.403 e. The van der Waals surface area contributed by atoms with Crippen LogP contribution in [0.4, 0.5) is 32.2 Å². The number of anilines is 1. The van der Waals surface area contributed by atoms with Gasteiger partial charge in [-0.05, 0) is 24.6 Å². The summed E-state index contributed by atoms with van der Waals surface area (Å²) in [6.45, 7) is 1.69. The lowest BCUT2D eigenvalue weighted by Crippen LogP contribution is -2.19. The average Bonchev–Trinajstić information content (AvgIpc) is 3.07. The zero-order valence-electron chi connectivity index (χ0n) is 16.9. The van der Waals surface area contributed by atoms with Gasteiger partial charge in [0.25, 0.3) is 0 Å². The van der Waals surface area contributed by atoms with Gasteiger partial charge in [-0.2, -0.15) is 0 Å². The van der Waals surface area contributed by atoms with Crippen LogP contribution in [0, 0.1) is 24.4 Å². The van der Waals surface area contributed by atoms with Gasteiger partial charge >= 0.3 is 6.36 Å². The maximum atomic E-state index is 14.1. The molecule has 2 heterocycles. The van der Waals surface area contributed by atoms with Gasteiger partial charge in [0.2, 0.25) is 0 Å². The molecule has 174 valence electrons. The third kappa shape index (κ3) is 7.55. The lowest BCUT2D eigenvalue weighted by molar-refractivity contribution is -0.275. The highest BCUT2D eigenvalue weighted by Crippen LogP contribution is 2.31. The molecule has 32 heavy (non-hydrogen) atoms. The second kappa shape index (κ2) is 10.5. The molecule has 3 rings (SSSR count). The van der Waals surface area contributed by atoms with Crippen molar-refractivity contribution in [2.45, 2.75) is 19.3 Å². The quantitative estimate of drug-likeness (QED) is 0.521. The van der Waals surface area contributed by atoms with E-state index in [0.29, 0.717) is 11.8 Å². The molecule has 13 heteroatoms. The van der Waals surface area contributed by atoms with Crippen molar-refractivity contribution in [2.24, 2.45) is 0 Å². The summed E-state index contributed by atoms with van der Waals surface area (Å²) in [4.78, 5) is 10.5. The lowest BCUT2D eigenvalue weighted by atomic mass is 10.1. The van der Waals surface area contributed by atoms with E-state index in [2.05, 4.69) is 25.0 Å². The van der Waals surface area contributed by atoms with Gasteiger partial charge in [0.15, 0.2) is 23.2 Å². The zero-order chi connectivity index (χ0) is 24.1. The molecular weight excluding hydrogens is 462 g/mol. The molecule has 0 radical (unpaired) electrons. The molecule has 0 aliphatic carbocycles. The van der Waals surface area contributed by atoms with E-state index < -0.39 is 46.4 Å². The number of aromatic nitrogens is 3. The molecule has 0 fully saturated rings. The molecule has 2 aromatic heterocycles. The van der Waals surface area contributed by atoms with Crippen molar-refractivity contribution in [1.82, 2.24) is 15.0 Å². The Morgan fingerprint density at radius 1 is 1.06 bits per heavy atom. The standard InChI is InChI=1S/C17H12F6N4O.C2H6OS/c1-8-6-24-16(26-8)14(27-15-12(20)5-10(18)7-25-15)9-2-3-13(11(19)4-9)28-17(21,22)23;1-4(2)3/h2-7,14H,1H3,(H,24,26)(H,25,27);1-2H3/t14-;/m1./s1. The van der Waals surface area contributed by atoms with Crippen molar-refractivity contribution in [3.05, 3.63) is 71.2 Å². The number of pyridine rings is 1. The van der Waals surface area contributed by atoms with E-state index in [-0.39, 0.29) is 17.2 Å². The van der Waals surface area contributed by atoms with Gasteiger partial charge in [0, 0.05) is 41.3 Å². The number of benzene rings is 1. The Kier molecular flexibility index (Phi) is 8.25. The topological polar surface area (TPSA) is 79.9 Å². The molecule has 2 N–H and O–H groups in total. The largest absolute Gasteiger partial charge is 0.573 e. The van der Waals surface area contributed by atoms with E-state index >= 15 is 0 Å². The van der Waals surface area contributed by atoms with Gasteiger partial charge in [-0.1, -0.05) is 6.07 Å². The van der Waals surface area contributed by atoms with Crippen LogP contribution in [0.15, 0.2) is 36.7 Å². The van der Waals surface area contributed by atoms with Crippen LogP contribution in [0.1, 0.15) is 23.1 Å². The van der Waals surface area contributed by atoms with Gasteiger partial charge in [0.1, 0.15) is 17.7 Å². The molecule has 0 spiro atoms. The van der Waals surface area contributed by atoms with Gasteiger partial charge in [-0.3, -0.25) is 4.21 Å². The maximum Gasteiger partial charge on any atom is 0.573 e. The van der Waals surface area contributed by atoms with Crippen LogP contribution in [0.25, 0.3) is 0 Å². The van der Waals surface area contributed by atoms with Crippen LogP contribution in [0.2, 0.25) is 0 Å². The van der Waals surface area contributed by atoms with Crippen molar-refractivity contribution in [2.75, 3.05) is 17.8 Å². The summed E-state index contributed by atoms with van der Waals surface area (Å²) in [5, 5.41) is 2.64. The van der Waals surface area contributed by atoms with Crippen molar-refractivity contribution < 1.29 is 35.3 Å². The molecule has 0 aliphatic rings. The minimum atomic E-state index is -5.06. The predicted octanol–water partition coefficient (Wildman–Crippen LogP) is 4.63. The average molecular weight is 480 g/mol. The summed E-state index contributed by atoms with van der Waals surface area (Å²) in [5.74, 6) is -4.34. The van der Waals surface area contributed by atoms with Crippen molar-refractivity contribution >= 4 is 16.6 Å². The Bertz CT molecular complexity index is 1090. The predicted molar refractivity (Wildman–Crippen MR) is 106 cm³/mol. The van der Waals surface area contributed by atoms with Crippen LogP contribution in [0.5, 0.6) is 5.75 Å². The number of nitrogens with zero attached hydrogens (tertiary/aromatic N) is 2. The number of hydrogen-bond donors (Lipinski definition) is 2. The highest BCUT2D eigenvalue weighted by molar-refractivity contribution is 7.83. The molecule has 3 aromatic rings. The molecule has 0 saturated carbocycles. The van der Waals surface area contributed by atoms with E-state index in [1.807, 2.05) is 0 Å². The summed E-state index contributed by atoms with van der Waals surface area (Å²) in [6, 6.07) is 2.31. The normalized spacial score (nSPS) is 12.2. The van der Waals surface area contributed by atoms with E-state index in [9.17, 15) is 30.6 Å². The number of aromatic amines is 1. The summed E-state index contributed by atoms with van der Waals surface area (Å²) in [7, 11) is -0.611. The Morgan fingerprint density at radius 2 is 1.72 bits per heavy atom. The van der Waals surface area contributed by atoms with Crippen LogP contribution in [0.3, 0.4) is 0 Å². The summed E-state index contributed by atoms with van der Waals surface area (Å²) in [5.41, 5.74) is 0.735. The first-order valence-electron chi connectivity index (χ1n) is 8.75. The van der Waals surface area contributed by atoms with Crippen molar-refractivity contribution in [3.63, 3.8) is 0 Å². The van der Waals surface area contributed by atoms with E-state index in [1.54, 1.807) is 19.4 Å². The molecule has 0 saturated heterocycles. The summed E-state index contributed by atoms with van der Waals surface area (Å²) < 4.78 is 91.2. The molecule has 0 aliphatic heterocycles. The number of imidazole rings is 1. The zero-order valence-corrected chi connectivity index (χ0v) is 17.7. The van der Waals surface area contributed by atoms with Gasteiger partial charge in [0.05, 0.1) is 6.20 Å². The Labute approximate surface area is 181 Å². The SMILES string of the molecule is CS(C)=O.Cc1cnc([C@H](Nc2ncc(F)cc2F)c2ccc(OC(F)(F)F)c(F)c2)[nH]1. The summed E-state index contributed by atoms with van der Waals surface area (Å²) >= 11 is 0. The first kappa shape index (κ1) is 25.2. The van der Waals surface area contributed by atoms with Crippen molar-refractivity contribution in [1.29, 1.82) is 0 Å². The van der Waals surface area contributed by atoms with Gasteiger partial charge < -0.3 is 15.0 Å². The van der Waals surface area contributed by atoms with E-state index in [1.165, 1.54) is 6.20 Å². The number of nitrogens with one attached hydrogen (secondary N) is 2. The van der Waals surface area contributed by atoms with E-state index in [0.717, 1.165) is 24.4 Å². The van der Waals surface area contributed by atoms with E-state index in [4.69, 9.17) is 0 Å². The number of ether oxygens (including phenoxy) is 1. The molecule has 0 amide bonds. The minimum absolute atomic E-state index is 0.104. The molecule has 1 atom stereocenters. The minimum Gasteiger partial charge on any atom is -0.403 e. The maximum absolute atomic E-state index is 14.1. The van der Waals surface area contributed by atoms with Gasteiger partial charge in [-0.25, -0.2) is 23.1 Å². The molecule has 6 nitrogen and oxygen atoms in total. The molecule has 1 aromatic carbocycles. The van der Waals surface area contributed by atoms with Crippen LogP contribution < -0.4 is 10.1 Å². The number of rotatable bonds is 5. The van der Waals surface area contributed by atoms with Crippen LogP contribution in [-0.4, -0.2) is 38.0 Å². The first-order valence-corrected chi connectivity index (χ1v) is 10.7. The Hall–Kier alpha value is -3.09. The monoisotopic (exact) mass is 480 g/mol. The molecule has 0 unspecified atom stereocenters. The van der Waals surface area contributed by atoms with Crippen LogP contribution >= 0.6 is 0 Å². The fourth-order valence-corrected chi connectivity index (χ4v) is 2.45. The number of aryl methyl sites for hydroxylation is 1.